The van der Waals surface area contributed by atoms with E-state index < -0.39 is 0 Å². The van der Waals surface area contributed by atoms with Crippen LogP contribution in [0.4, 0.5) is 17.1 Å². The number of aromatic nitrogens is 1. The first-order chi connectivity index (χ1) is 30.8. The van der Waals surface area contributed by atoms with Crippen LogP contribution in [0.15, 0.2) is 205 Å². The third-order valence-corrected chi connectivity index (χ3v) is 13.4. The molecule has 0 unspecified atom stereocenters. The molecule has 12 aromatic rings. The second-order valence-corrected chi connectivity index (χ2v) is 18.2. The Morgan fingerprint density at radius 1 is 0.397 bits per heavy atom. The average Bonchev–Trinajstić information content (AvgIpc) is 3.85. The summed E-state index contributed by atoms with van der Waals surface area (Å²) in [5.41, 5.74) is 17.5. The Kier molecular flexibility index (Phi) is 7.57. The third kappa shape index (κ3) is 5.53. The highest BCUT2D eigenvalue weighted by Gasteiger charge is 2.26. The van der Waals surface area contributed by atoms with E-state index in [4.69, 9.17) is 4.42 Å². The Bertz CT molecular complexity index is 3770. The number of hydrogen-bond donors (Lipinski definition) is 0. The van der Waals surface area contributed by atoms with E-state index in [1.807, 2.05) is 6.07 Å². The Morgan fingerprint density at radius 2 is 0.952 bits per heavy atom. The fourth-order valence-electron chi connectivity index (χ4n) is 10.2. The van der Waals surface area contributed by atoms with Crippen molar-refractivity contribution in [3.8, 4) is 39.1 Å². The van der Waals surface area contributed by atoms with Gasteiger partial charge in [-0.2, -0.15) is 0 Å². The number of furan rings is 1. The van der Waals surface area contributed by atoms with E-state index in [2.05, 4.69) is 224 Å². The zero-order valence-electron chi connectivity index (χ0n) is 35.4. The minimum atomic E-state index is 0.0345. The summed E-state index contributed by atoms with van der Waals surface area (Å²) in [6, 6.07) is 73.6. The molecule has 1 aliphatic carbocycles. The van der Waals surface area contributed by atoms with Gasteiger partial charge in [-0.3, -0.25) is 0 Å². The highest BCUT2D eigenvalue weighted by molar-refractivity contribution is 6.14. The van der Waals surface area contributed by atoms with Crippen LogP contribution in [-0.2, 0) is 5.41 Å². The molecule has 0 saturated heterocycles. The van der Waals surface area contributed by atoms with E-state index in [-0.39, 0.29) is 5.41 Å². The van der Waals surface area contributed by atoms with Gasteiger partial charge in [-0.15, -0.1) is 0 Å². The van der Waals surface area contributed by atoms with Crippen molar-refractivity contribution in [3.63, 3.8) is 0 Å². The molecule has 0 fully saturated rings. The summed E-state index contributed by atoms with van der Waals surface area (Å²) in [5.74, 6) is 0. The SMILES string of the molecule is CC(C)(C)c1ccc(N(c2ccc3cc4c(cc3c2)-c2cc3ccc(-n5c6ccccc6c6ccccc65)cc3cc2-4)c2cc3oc4ccccc4c3cc2-c2ccccc2)cc1. The average molecular weight is 807 g/mol. The van der Waals surface area contributed by atoms with Crippen molar-refractivity contribution in [2.24, 2.45) is 0 Å². The van der Waals surface area contributed by atoms with Crippen molar-refractivity contribution < 1.29 is 4.42 Å². The lowest BCUT2D eigenvalue weighted by Crippen LogP contribution is -2.14. The second kappa shape index (κ2) is 13.3. The zero-order valence-corrected chi connectivity index (χ0v) is 35.4. The first kappa shape index (κ1) is 35.8. The molecule has 0 amide bonds. The Labute approximate surface area is 365 Å². The van der Waals surface area contributed by atoms with Crippen molar-refractivity contribution in [1.29, 1.82) is 0 Å². The van der Waals surface area contributed by atoms with Gasteiger partial charge < -0.3 is 13.9 Å². The lowest BCUT2D eigenvalue weighted by Gasteiger charge is -2.30. The molecular weight excluding hydrogens is 765 g/mol. The van der Waals surface area contributed by atoms with Crippen LogP contribution in [-0.4, -0.2) is 4.57 Å². The summed E-state index contributed by atoms with van der Waals surface area (Å²) in [6.07, 6.45) is 0. The van der Waals surface area contributed by atoms with Gasteiger partial charge in [0.25, 0.3) is 0 Å². The molecular formula is C60H42N2O. The van der Waals surface area contributed by atoms with Crippen LogP contribution < -0.4 is 4.90 Å². The molecule has 3 heteroatoms. The molecule has 63 heavy (non-hydrogen) atoms. The molecule has 2 heterocycles. The molecule has 0 aliphatic heterocycles. The predicted molar refractivity (Wildman–Crippen MR) is 266 cm³/mol. The Balaban J connectivity index is 0.951. The summed E-state index contributed by atoms with van der Waals surface area (Å²) < 4.78 is 8.98. The fraction of sp³-hybridized carbons (Fsp3) is 0.0667. The van der Waals surface area contributed by atoms with E-state index in [1.54, 1.807) is 0 Å². The highest BCUT2D eigenvalue weighted by Crippen LogP contribution is 2.52. The Morgan fingerprint density at radius 3 is 1.62 bits per heavy atom. The summed E-state index contributed by atoms with van der Waals surface area (Å²) >= 11 is 0. The smallest absolute Gasteiger partial charge is 0.137 e. The molecule has 1 aliphatic rings. The minimum absolute atomic E-state index is 0.0345. The first-order valence-corrected chi connectivity index (χ1v) is 21.9. The largest absolute Gasteiger partial charge is 0.456 e. The van der Waals surface area contributed by atoms with Crippen LogP contribution in [0.3, 0.4) is 0 Å². The maximum atomic E-state index is 6.57. The number of rotatable bonds is 5. The molecule has 0 spiro atoms. The van der Waals surface area contributed by atoms with Gasteiger partial charge in [0, 0.05) is 50.2 Å². The summed E-state index contributed by atoms with van der Waals surface area (Å²) in [4.78, 5) is 2.41. The molecule has 0 radical (unpaired) electrons. The zero-order chi connectivity index (χ0) is 42.0. The number of anilines is 3. The van der Waals surface area contributed by atoms with Gasteiger partial charge in [-0.1, -0.05) is 130 Å². The molecule has 0 atom stereocenters. The van der Waals surface area contributed by atoms with Crippen molar-refractivity contribution in [3.05, 3.63) is 206 Å². The van der Waals surface area contributed by atoms with Crippen molar-refractivity contribution in [1.82, 2.24) is 4.57 Å². The minimum Gasteiger partial charge on any atom is -0.456 e. The molecule has 0 N–H and O–H groups in total. The molecule has 0 saturated carbocycles. The molecule has 3 nitrogen and oxygen atoms in total. The second-order valence-electron chi connectivity index (χ2n) is 18.2. The van der Waals surface area contributed by atoms with Crippen LogP contribution >= 0.6 is 0 Å². The van der Waals surface area contributed by atoms with Gasteiger partial charge in [0.1, 0.15) is 11.2 Å². The Hall–Kier alpha value is -7.88. The number of para-hydroxylation sites is 3. The maximum absolute atomic E-state index is 6.57. The number of hydrogen-bond acceptors (Lipinski definition) is 2. The monoisotopic (exact) mass is 806 g/mol. The number of fused-ring (bicyclic) bond motifs is 12. The lowest BCUT2D eigenvalue weighted by atomic mass is 9.78. The van der Waals surface area contributed by atoms with Crippen LogP contribution in [0.2, 0.25) is 0 Å². The molecule has 2 aromatic heterocycles. The maximum Gasteiger partial charge on any atom is 0.137 e. The van der Waals surface area contributed by atoms with E-state index in [9.17, 15) is 0 Å². The van der Waals surface area contributed by atoms with Gasteiger partial charge in [0.15, 0.2) is 0 Å². The number of nitrogens with zero attached hydrogens (tertiary/aromatic N) is 2. The van der Waals surface area contributed by atoms with Crippen molar-refractivity contribution >= 4 is 82.4 Å². The van der Waals surface area contributed by atoms with Gasteiger partial charge in [0.2, 0.25) is 0 Å². The predicted octanol–water partition coefficient (Wildman–Crippen LogP) is 17.1. The van der Waals surface area contributed by atoms with Crippen molar-refractivity contribution in [2.75, 3.05) is 4.90 Å². The molecule has 298 valence electrons. The van der Waals surface area contributed by atoms with E-state index >= 15 is 0 Å². The normalized spacial score (nSPS) is 12.4. The lowest BCUT2D eigenvalue weighted by molar-refractivity contribution is 0.590. The van der Waals surface area contributed by atoms with Gasteiger partial charge in [-0.25, -0.2) is 0 Å². The van der Waals surface area contributed by atoms with Crippen molar-refractivity contribution in [2.45, 2.75) is 26.2 Å². The molecule has 0 bridgehead atoms. The highest BCUT2D eigenvalue weighted by atomic mass is 16.3. The van der Waals surface area contributed by atoms with Crippen LogP contribution in [0.5, 0.6) is 0 Å². The van der Waals surface area contributed by atoms with E-state index in [0.717, 1.165) is 50.1 Å². The fourth-order valence-corrected chi connectivity index (χ4v) is 10.2. The topological polar surface area (TPSA) is 21.3 Å². The summed E-state index contributed by atoms with van der Waals surface area (Å²) in [7, 11) is 0. The first-order valence-electron chi connectivity index (χ1n) is 21.9. The van der Waals surface area contributed by atoms with Gasteiger partial charge in [0.05, 0.1) is 16.7 Å². The van der Waals surface area contributed by atoms with E-state index in [1.165, 1.54) is 76.9 Å². The third-order valence-electron chi connectivity index (χ3n) is 13.4. The molecule has 10 aromatic carbocycles. The quantitative estimate of drug-likeness (QED) is 0.173. The van der Waals surface area contributed by atoms with Crippen LogP contribution in [0, 0.1) is 0 Å². The standard InChI is InChI=1S/C60H42N2O/c1-60(2,3)42-23-27-43(28-24-42)61(57-36-59-54(48-17-9-12-20-58(48)63-59)35-49(57)37-13-5-4-6-14-37)44-25-21-38-31-50-52(33-40(38)29-44)51-32-39-22-26-45(30-41(39)34-53(50)51)62-55-18-10-7-15-46(55)47-16-8-11-19-56(47)62/h4-36H,1-3H3. The van der Waals surface area contributed by atoms with E-state index in [0.29, 0.717) is 0 Å². The van der Waals surface area contributed by atoms with Crippen LogP contribution in [0.25, 0.3) is 104 Å². The van der Waals surface area contributed by atoms with Gasteiger partial charge in [-0.05, 0) is 145 Å². The summed E-state index contributed by atoms with van der Waals surface area (Å²) in [5, 5.41) is 9.72. The summed E-state index contributed by atoms with van der Waals surface area (Å²) in [6.45, 7) is 6.81. The number of benzene rings is 10. The van der Waals surface area contributed by atoms with Crippen LogP contribution in [0.1, 0.15) is 26.3 Å². The molecule has 13 rings (SSSR count). The van der Waals surface area contributed by atoms with Gasteiger partial charge >= 0.3 is 0 Å².